The summed E-state index contributed by atoms with van der Waals surface area (Å²) in [4.78, 5) is 11.9. The lowest BCUT2D eigenvalue weighted by Gasteiger charge is -2.09. The zero-order valence-electron chi connectivity index (χ0n) is 9.75. The fraction of sp³-hybridized carbons (Fsp3) is 0.462. The molecule has 0 bridgehead atoms. The summed E-state index contributed by atoms with van der Waals surface area (Å²) in [5, 5.41) is 0. The zero-order chi connectivity index (χ0) is 12.0. The third-order valence-electron chi connectivity index (χ3n) is 2.27. The molecule has 0 aliphatic rings. The number of benzene rings is 1. The van der Waals surface area contributed by atoms with Crippen LogP contribution in [0.1, 0.15) is 35.7 Å². The minimum Gasteiger partial charge on any atom is -0.493 e. The van der Waals surface area contributed by atoms with Gasteiger partial charge < -0.3 is 4.74 Å². The number of rotatable bonds is 6. The predicted octanol–water partition coefficient (Wildman–Crippen LogP) is 3.60. The van der Waals surface area contributed by atoms with E-state index < -0.39 is 0 Å². The molecule has 1 aromatic carbocycles. The number of hydrogen-bond donors (Lipinski definition) is 0. The zero-order valence-corrected chi connectivity index (χ0v) is 10.5. The first-order valence-electron chi connectivity index (χ1n) is 5.51. The molecule has 0 saturated carbocycles. The molecule has 0 atom stereocenters. The molecule has 0 spiro atoms. The number of ketones is 1. The van der Waals surface area contributed by atoms with Crippen molar-refractivity contribution in [2.45, 2.75) is 26.7 Å². The molecule has 0 N–H and O–H groups in total. The van der Waals surface area contributed by atoms with E-state index in [0.29, 0.717) is 36.6 Å². The van der Waals surface area contributed by atoms with Gasteiger partial charge in [0.25, 0.3) is 0 Å². The molecule has 1 aromatic rings. The Bertz CT molecular complexity index is 361. The summed E-state index contributed by atoms with van der Waals surface area (Å²) in [7, 11) is 0. The van der Waals surface area contributed by atoms with E-state index in [1.165, 1.54) is 0 Å². The van der Waals surface area contributed by atoms with E-state index >= 15 is 0 Å². The minimum absolute atomic E-state index is 0.104. The fourth-order valence-corrected chi connectivity index (χ4v) is 1.64. The summed E-state index contributed by atoms with van der Waals surface area (Å²) in [6.07, 6.45) is 1.19. The monoisotopic (exact) mass is 240 g/mol. The lowest BCUT2D eigenvalue weighted by molar-refractivity contribution is 0.0978. The Morgan fingerprint density at radius 1 is 1.44 bits per heavy atom. The van der Waals surface area contributed by atoms with Gasteiger partial charge >= 0.3 is 0 Å². The number of ether oxygens (including phenoxy) is 1. The maximum absolute atomic E-state index is 11.9. The molecule has 0 unspecified atom stereocenters. The van der Waals surface area contributed by atoms with Crippen molar-refractivity contribution >= 4 is 17.4 Å². The van der Waals surface area contributed by atoms with Gasteiger partial charge in [-0.1, -0.05) is 11.6 Å². The highest BCUT2D eigenvalue weighted by molar-refractivity contribution is 6.18. The van der Waals surface area contributed by atoms with Crippen molar-refractivity contribution in [2.24, 2.45) is 0 Å². The Balaban J connectivity index is 2.90. The highest BCUT2D eigenvalue weighted by Gasteiger charge is 2.12. The highest BCUT2D eigenvalue weighted by Crippen LogP contribution is 2.22. The first-order valence-corrected chi connectivity index (χ1v) is 6.05. The second-order valence-corrected chi connectivity index (χ2v) is 4.03. The van der Waals surface area contributed by atoms with E-state index in [9.17, 15) is 4.79 Å². The molecule has 0 aliphatic carbocycles. The molecule has 0 saturated heterocycles. The third kappa shape index (κ3) is 3.53. The number of hydrogen-bond acceptors (Lipinski definition) is 2. The molecule has 0 aliphatic heterocycles. The van der Waals surface area contributed by atoms with Gasteiger partial charge in [0.2, 0.25) is 0 Å². The van der Waals surface area contributed by atoms with Crippen LogP contribution < -0.4 is 4.74 Å². The van der Waals surface area contributed by atoms with Crippen molar-refractivity contribution < 1.29 is 9.53 Å². The van der Waals surface area contributed by atoms with E-state index in [-0.39, 0.29) is 5.78 Å². The molecule has 0 aromatic heterocycles. The SMILES string of the molecule is CCOc1ccc(C)cc1C(=O)CCCCl. The lowest BCUT2D eigenvalue weighted by Crippen LogP contribution is -2.04. The van der Waals surface area contributed by atoms with Gasteiger partial charge in [-0.15, -0.1) is 11.6 Å². The van der Waals surface area contributed by atoms with Gasteiger partial charge in [0, 0.05) is 12.3 Å². The van der Waals surface area contributed by atoms with Crippen LogP contribution in [0.3, 0.4) is 0 Å². The molecule has 0 radical (unpaired) electrons. The topological polar surface area (TPSA) is 26.3 Å². The van der Waals surface area contributed by atoms with Gasteiger partial charge in [0.15, 0.2) is 5.78 Å². The van der Waals surface area contributed by atoms with Crippen LogP contribution in [0.2, 0.25) is 0 Å². The first-order chi connectivity index (χ1) is 7.69. The molecular weight excluding hydrogens is 224 g/mol. The summed E-state index contributed by atoms with van der Waals surface area (Å²) in [5.41, 5.74) is 1.74. The minimum atomic E-state index is 0.104. The molecular formula is C13H17ClO2. The van der Waals surface area contributed by atoms with E-state index in [0.717, 1.165) is 5.56 Å². The van der Waals surface area contributed by atoms with Crippen LogP contribution in [0, 0.1) is 6.92 Å². The van der Waals surface area contributed by atoms with Crippen LogP contribution in [0.5, 0.6) is 5.75 Å². The van der Waals surface area contributed by atoms with Gasteiger partial charge in [0.05, 0.1) is 12.2 Å². The van der Waals surface area contributed by atoms with Gasteiger partial charge in [-0.2, -0.15) is 0 Å². The maximum atomic E-state index is 11.9. The second kappa shape index (κ2) is 6.54. The average molecular weight is 241 g/mol. The fourth-order valence-electron chi connectivity index (χ4n) is 1.51. The Hall–Kier alpha value is -1.02. The Morgan fingerprint density at radius 2 is 2.19 bits per heavy atom. The third-order valence-corrected chi connectivity index (χ3v) is 2.54. The van der Waals surface area contributed by atoms with Crippen molar-refractivity contribution in [2.75, 3.05) is 12.5 Å². The van der Waals surface area contributed by atoms with Crippen molar-refractivity contribution in [1.29, 1.82) is 0 Å². The molecule has 0 amide bonds. The smallest absolute Gasteiger partial charge is 0.166 e. The summed E-state index contributed by atoms with van der Waals surface area (Å²) in [6.45, 7) is 4.44. The molecule has 1 rings (SSSR count). The van der Waals surface area contributed by atoms with Crippen LogP contribution in [0.25, 0.3) is 0 Å². The van der Waals surface area contributed by atoms with Gasteiger partial charge in [-0.3, -0.25) is 4.79 Å². The highest BCUT2D eigenvalue weighted by atomic mass is 35.5. The Labute approximate surface area is 102 Å². The normalized spacial score (nSPS) is 10.2. The number of carbonyl (C=O) groups excluding carboxylic acids is 1. The van der Waals surface area contributed by atoms with E-state index in [1.54, 1.807) is 0 Å². The van der Waals surface area contributed by atoms with E-state index in [1.807, 2.05) is 32.0 Å². The quantitative estimate of drug-likeness (QED) is 0.561. The van der Waals surface area contributed by atoms with Gasteiger partial charge in [-0.05, 0) is 32.4 Å². The predicted molar refractivity (Wildman–Crippen MR) is 66.6 cm³/mol. The number of aryl methyl sites for hydroxylation is 1. The van der Waals surface area contributed by atoms with Gasteiger partial charge in [0.1, 0.15) is 5.75 Å². The van der Waals surface area contributed by atoms with E-state index in [2.05, 4.69) is 0 Å². The summed E-state index contributed by atoms with van der Waals surface area (Å²) in [5.74, 6) is 1.29. The van der Waals surface area contributed by atoms with E-state index in [4.69, 9.17) is 16.3 Å². The van der Waals surface area contributed by atoms with Crippen molar-refractivity contribution in [1.82, 2.24) is 0 Å². The summed E-state index contributed by atoms with van der Waals surface area (Å²) >= 11 is 5.58. The maximum Gasteiger partial charge on any atom is 0.166 e. The molecule has 0 fully saturated rings. The number of carbonyl (C=O) groups is 1. The number of alkyl halides is 1. The van der Waals surface area contributed by atoms with Gasteiger partial charge in [-0.25, -0.2) is 0 Å². The van der Waals surface area contributed by atoms with Crippen LogP contribution in [-0.4, -0.2) is 18.3 Å². The first kappa shape index (κ1) is 13.0. The largest absolute Gasteiger partial charge is 0.493 e. The number of Topliss-reactive ketones (excluding diaryl/α,β-unsaturated/α-hetero) is 1. The summed E-state index contributed by atoms with van der Waals surface area (Å²) < 4.78 is 5.44. The standard InChI is InChI=1S/C13H17ClO2/c1-3-16-13-7-6-10(2)9-11(13)12(15)5-4-8-14/h6-7,9H,3-5,8H2,1-2H3. The van der Waals surface area contributed by atoms with Crippen molar-refractivity contribution in [3.05, 3.63) is 29.3 Å². The van der Waals surface area contributed by atoms with Crippen LogP contribution in [0.15, 0.2) is 18.2 Å². The molecule has 16 heavy (non-hydrogen) atoms. The molecule has 2 nitrogen and oxygen atoms in total. The number of halogens is 1. The van der Waals surface area contributed by atoms with Crippen LogP contribution in [-0.2, 0) is 0 Å². The van der Waals surface area contributed by atoms with Crippen molar-refractivity contribution in [3.8, 4) is 5.75 Å². The Morgan fingerprint density at radius 3 is 2.81 bits per heavy atom. The molecule has 3 heteroatoms. The Kier molecular flexibility index (Phi) is 5.33. The van der Waals surface area contributed by atoms with Crippen molar-refractivity contribution in [3.63, 3.8) is 0 Å². The lowest BCUT2D eigenvalue weighted by atomic mass is 10.0. The molecule has 0 heterocycles. The second-order valence-electron chi connectivity index (χ2n) is 3.65. The van der Waals surface area contributed by atoms with Crippen LogP contribution in [0.4, 0.5) is 0 Å². The molecule has 88 valence electrons. The average Bonchev–Trinajstić information content (AvgIpc) is 2.28. The van der Waals surface area contributed by atoms with Crippen LogP contribution >= 0.6 is 11.6 Å². The summed E-state index contributed by atoms with van der Waals surface area (Å²) in [6, 6.07) is 5.68.